The second-order valence-electron chi connectivity index (χ2n) is 9.93. The van der Waals surface area contributed by atoms with Crippen molar-refractivity contribution in [3.63, 3.8) is 0 Å². The van der Waals surface area contributed by atoms with Gasteiger partial charge >= 0.3 is 0 Å². The lowest BCUT2D eigenvalue weighted by Crippen LogP contribution is -2.27. The number of fused-ring (bicyclic) bond motifs is 4. The Morgan fingerprint density at radius 2 is 2.20 bits per heavy atom. The van der Waals surface area contributed by atoms with Crippen molar-refractivity contribution in [1.29, 1.82) is 0 Å². The summed E-state index contributed by atoms with van der Waals surface area (Å²) < 4.78 is 25.4. The maximum absolute atomic E-state index is 14.7. The minimum atomic E-state index is -1.35. The van der Waals surface area contributed by atoms with Crippen molar-refractivity contribution in [2.24, 2.45) is 11.6 Å². The van der Waals surface area contributed by atoms with Crippen LogP contribution in [0.15, 0.2) is 53.5 Å². The lowest BCUT2D eigenvalue weighted by Gasteiger charge is -2.31. The molecule has 2 aliphatic rings. The van der Waals surface area contributed by atoms with Gasteiger partial charge in [0.2, 0.25) is 0 Å². The highest BCUT2D eigenvalue weighted by Crippen LogP contribution is 2.44. The number of rotatable bonds is 13. The van der Waals surface area contributed by atoms with E-state index in [0.29, 0.717) is 84.1 Å². The Kier molecular flexibility index (Phi) is 9.33. The summed E-state index contributed by atoms with van der Waals surface area (Å²) in [5.74, 6) is 6.06. The predicted octanol–water partition coefficient (Wildman–Crippen LogP) is 2.32. The third-order valence-corrected chi connectivity index (χ3v) is 7.06. The molecule has 214 valence electrons. The molecule has 2 aromatic rings. The summed E-state index contributed by atoms with van der Waals surface area (Å²) in [7, 11) is 3.35. The summed E-state index contributed by atoms with van der Waals surface area (Å²) in [6, 6.07) is 3.20. The van der Waals surface area contributed by atoms with E-state index in [1.807, 2.05) is 11.9 Å². The molecule has 40 heavy (non-hydrogen) atoms. The number of allylic oxidation sites excluding steroid dienone is 1. The summed E-state index contributed by atoms with van der Waals surface area (Å²) in [6.07, 6.45) is 3.92. The van der Waals surface area contributed by atoms with Gasteiger partial charge in [0, 0.05) is 53.9 Å². The number of carbonyl (C=O) groups excluding carboxylic acids is 1. The zero-order valence-corrected chi connectivity index (χ0v) is 23.2. The van der Waals surface area contributed by atoms with E-state index in [9.17, 15) is 14.3 Å². The van der Waals surface area contributed by atoms with E-state index < -0.39 is 6.10 Å². The number of nitrogens with one attached hydrogen (secondary N) is 1. The number of aryl methyl sites for hydroxylation is 1. The van der Waals surface area contributed by atoms with Crippen LogP contribution in [-0.4, -0.2) is 66.5 Å². The average Bonchev–Trinajstić information content (AvgIpc) is 3.29. The van der Waals surface area contributed by atoms with E-state index in [2.05, 4.69) is 11.9 Å². The van der Waals surface area contributed by atoms with Crippen molar-refractivity contribution in [3.8, 4) is 0 Å². The number of halogens is 1. The highest BCUT2D eigenvalue weighted by atomic mass is 19.1. The van der Waals surface area contributed by atoms with Gasteiger partial charge in [-0.3, -0.25) is 5.32 Å². The third-order valence-electron chi connectivity index (χ3n) is 7.06. The first-order valence-electron chi connectivity index (χ1n) is 13.1. The summed E-state index contributed by atoms with van der Waals surface area (Å²) >= 11 is 0. The fraction of sp³-hybridized carbons (Fsp3) is 0.379. The number of hydrogen-bond donors (Lipinski definition) is 4. The minimum Gasteiger partial charge on any atom is -0.401 e. The number of nitrogens with zero attached hydrogens (tertiary/aromatic N) is 3. The number of hydrazine groups is 1. The third kappa shape index (κ3) is 5.93. The summed E-state index contributed by atoms with van der Waals surface area (Å²) in [4.78, 5) is 18.3. The topological polar surface area (TPSA) is 139 Å². The second-order valence-corrected chi connectivity index (χ2v) is 9.93. The van der Waals surface area contributed by atoms with Crippen LogP contribution in [0.1, 0.15) is 35.2 Å². The fourth-order valence-electron chi connectivity index (χ4n) is 5.09. The summed E-state index contributed by atoms with van der Waals surface area (Å²) in [6.45, 7) is 7.89. The van der Waals surface area contributed by atoms with Gasteiger partial charge in [-0.05, 0) is 55.7 Å². The number of aldehydes is 1. The molecule has 0 spiro atoms. The molecule has 3 heterocycles. The molecule has 2 aliphatic heterocycles. The van der Waals surface area contributed by atoms with Gasteiger partial charge in [-0.25, -0.2) is 15.2 Å². The standard InChI is InChI=1S/C29H37FN6O4/c1-17-8-20-22(12-35(32)11-19(31)6-5-7-40-16-33-3)23-13-36-18(2)24(15-39-4)21(28(38)14-37)9-27(36)29(23)34-26(20)10-25(17)30/h8-11,14,28,33,38H,2,5-7,12-13,15-16,31-32H2,1,3-4H3/b19-11-. The van der Waals surface area contributed by atoms with Crippen LogP contribution in [0.3, 0.4) is 0 Å². The Balaban J connectivity index is 1.75. The summed E-state index contributed by atoms with van der Waals surface area (Å²) in [5.41, 5.74) is 12.5. The summed E-state index contributed by atoms with van der Waals surface area (Å²) in [5, 5.41) is 15.7. The van der Waals surface area contributed by atoms with Crippen LogP contribution >= 0.6 is 0 Å². The van der Waals surface area contributed by atoms with Crippen LogP contribution in [0.25, 0.3) is 16.6 Å². The lowest BCUT2D eigenvalue weighted by atomic mass is 9.95. The van der Waals surface area contributed by atoms with Crippen molar-refractivity contribution in [2.75, 3.05) is 34.1 Å². The number of pyridine rings is 1. The quantitative estimate of drug-likeness (QED) is 0.0963. The van der Waals surface area contributed by atoms with Crippen molar-refractivity contribution in [3.05, 3.63) is 81.7 Å². The van der Waals surface area contributed by atoms with Crippen molar-refractivity contribution in [1.82, 2.24) is 20.2 Å². The molecular weight excluding hydrogens is 515 g/mol. The molecule has 1 unspecified atom stereocenters. The van der Waals surface area contributed by atoms with Crippen LogP contribution in [0.5, 0.6) is 0 Å². The van der Waals surface area contributed by atoms with Crippen LogP contribution in [0.2, 0.25) is 0 Å². The number of ether oxygens (including phenoxy) is 2. The minimum absolute atomic E-state index is 0.170. The normalized spacial score (nSPS) is 15.8. The molecule has 1 atom stereocenters. The van der Waals surface area contributed by atoms with E-state index in [4.69, 9.17) is 26.0 Å². The van der Waals surface area contributed by atoms with Crippen molar-refractivity contribution in [2.45, 2.75) is 39.0 Å². The first-order valence-corrected chi connectivity index (χ1v) is 13.1. The fourth-order valence-corrected chi connectivity index (χ4v) is 5.09. The van der Waals surface area contributed by atoms with Crippen LogP contribution in [0, 0.1) is 12.7 Å². The molecule has 0 saturated heterocycles. The molecule has 0 aliphatic carbocycles. The first kappa shape index (κ1) is 29.4. The van der Waals surface area contributed by atoms with E-state index in [0.717, 1.165) is 22.9 Å². The molecule has 1 aromatic heterocycles. The molecule has 10 nitrogen and oxygen atoms in total. The number of carbonyl (C=O) groups is 1. The van der Waals surface area contributed by atoms with E-state index in [1.54, 1.807) is 25.3 Å². The molecule has 0 fully saturated rings. The largest absolute Gasteiger partial charge is 0.401 e. The zero-order chi connectivity index (χ0) is 29.0. The Hall–Kier alpha value is -3.61. The molecule has 0 amide bonds. The molecular formula is C29H37FN6O4. The van der Waals surface area contributed by atoms with Gasteiger partial charge in [-0.2, -0.15) is 0 Å². The number of aliphatic hydroxyl groups excluding tert-OH is 1. The highest BCUT2D eigenvalue weighted by Gasteiger charge is 2.36. The van der Waals surface area contributed by atoms with Gasteiger partial charge in [0.05, 0.1) is 43.3 Å². The smallest absolute Gasteiger partial charge is 0.153 e. The monoisotopic (exact) mass is 552 g/mol. The Bertz CT molecular complexity index is 1400. The lowest BCUT2D eigenvalue weighted by molar-refractivity contribution is -0.113. The van der Waals surface area contributed by atoms with Gasteiger partial charge in [0.1, 0.15) is 11.9 Å². The Morgan fingerprint density at radius 3 is 2.90 bits per heavy atom. The van der Waals surface area contributed by atoms with Crippen molar-refractivity contribution >= 4 is 22.9 Å². The molecule has 0 bridgehead atoms. The van der Waals surface area contributed by atoms with Crippen LogP contribution in [-0.2, 0) is 27.4 Å². The van der Waals surface area contributed by atoms with E-state index in [-0.39, 0.29) is 12.4 Å². The van der Waals surface area contributed by atoms with E-state index in [1.165, 1.54) is 18.2 Å². The SMILES string of the molecule is C=C1C(COC)=C(C(O)C=O)C=C2c3nc4cc(F)c(C)cc4c(CN(N)/C=C(\N)CCCOCNC)c3CN12. The molecule has 1 aromatic carbocycles. The molecule has 0 saturated carbocycles. The Morgan fingerprint density at radius 1 is 1.43 bits per heavy atom. The van der Waals surface area contributed by atoms with Crippen LogP contribution in [0.4, 0.5) is 4.39 Å². The molecule has 0 radical (unpaired) electrons. The maximum atomic E-state index is 14.7. The van der Waals surface area contributed by atoms with Gasteiger partial charge < -0.3 is 35.0 Å². The number of nitrogens with two attached hydrogens (primary N) is 2. The van der Waals surface area contributed by atoms with E-state index >= 15 is 0 Å². The molecule has 11 heteroatoms. The predicted molar refractivity (Wildman–Crippen MR) is 151 cm³/mol. The van der Waals surface area contributed by atoms with Crippen molar-refractivity contribution < 1.29 is 23.8 Å². The van der Waals surface area contributed by atoms with Gasteiger partial charge in [0.25, 0.3) is 0 Å². The highest BCUT2D eigenvalue weighted by molar-refractivity contribution is 5.90. The zero-order valence-electron chi connectivity index (χ0n) is 23.2. The number of methoxy groups -OCH3 is 1. The number of benzene rings is 1. The molecule has 4 rings (SSSR count). The number of hydrogen-bond acceptors (Lipinski definition) is 10. The Labute approximate surface area is 233 Å². The molecule has 6 N–H and O–H groups in total. The second kappa shape index (κ2) is 12.7. The van der Waals surface area contributed by atoms with Gasteiger partial charge in [-0.15, -0.1) is 0 Å². The number of aliphatic hydroxyl groups is 1. The maximum Gasteiger partial charge on any atom is 0.153 e. The van der Waals surface area contributed by atoms with Crippen LogP contribution < -0.4 is 16.9 Å². The first-order chi connectivity index (χ1) is 19.2. The van der Waals surface area contributed by atoms with Gasteiger partial charge in [-0.1, -0.05) is 6.58 Å². The average molecular weight is 553 g/mol. The van der Waals surface area contributed by atoms with Gasteiger partial charge in [0.15, 0.2) is 6.29 Å². The number of aromatic nitrogens is 1.